The molecule has 3 saturated heterocycles. The smallest absolute Gasteiger partial charge is 0.351 e. The molecule has 472 valence electrons. The van der Waals surface area contributed by atoms with Crippen molar-refractivity contribution in [2.24, 2.45) is 0 Å². The first-order chi connectivity index (χ1) is 39.7. The number of thioether (sulfide) groups is 1. The molecule has 5 rings (SSSR count). The topological polar surface area (TPSA) is 285 Å². The lowest BCUT2D eigenvalue weighted by atomic mass is 9.86. The van der Waals surface area contributed by atoms with Crippen molar-refractivity contribution in [2.75, 3.05) is 51.1 Å². The Balaban J connectivity index is 0.977. The summed E-state index contributed by atoms with van der Waals surface area (Å²) in [5.74, 6) is -0.402. The number of amides is 4. The van der Waals surface area contributed by atoms with Crippen molar-refractivity contribution in [3.8, 4) is 0 Å². The Morgan fingerprint density at radius 2 is 1.44 bits per heavy atom. The number of fused-ring (bicyclic) bond motifs is 1. The van der Waals surface area contributed by atoms with Crippen molar-refractivity contribution in [2.45, 2.75) is 237 Å². The first kappa shape index (κ1) is 70.0. The minimum absolute atomic E-state index is 0.0246. The monoisotopic (exact) mass is 1220 g/mol. The van der Waals surface area contributed by atoms with Crippen molar-refractivity contribution in [3.63, 3.8) is 0 Å². The summed E-state index contributed by atoms with van der Waals surface area (Å²) in [4.78, 5) is 93.4. The van der Waals surface area contributed by atoms with Crippen LogP contribution in [0, 0.1) is 0 Å². The van der Waals surface area contributed by atoms with Gasteiger partial charge in [0.05, 0.1) is 37.5 Å². The molecule has 84 heavy (non-hydrogen) atoms. The number of aliphatic hydroxyl groups is 1. The summed E-state index contributed by atoms with van der Waals surface area (Å²) in [6.07, 6.45) is 7.46. The molecule has 22 nitrogen and oxygen atoms in total. The molecule has 0 saturated carbocycles. The number of benzene rings is 1. The third-order valence-corrected chi connectivity index (χ3v) is 21.7. The van der Waals surface area contributed by atoms with Crippen LogP contribution >= 0.6 is 11.8 Å². The highest BCUT2D eigenvalue weighted by molar-refractivity contribution is 8.00. The van der Waals surface area contributed by atoms with Crippen LogP contribution in [0.25, 0.3) is 0 Å². The number of aliphatic hydroxyl groups excluding tert-OH is 1. The first-order valence-electron chi connectivity index (χ1n) is 30.0. The summed E-state index contributed by atoms with van der Waals surface area (Å²) in [7, 11) is -3.19. The minimum atomic E-state index is -3.19. The highest BCUT2D eigenvalue weighted by Gasteiger charge is 2.53. The maximum atomic E-state index is 13.4. The number of ether oxygens (including phenoxy) is 6. The lowest BCUT2D eigenvalue weighted by Gasteiger charge is -2.44. The molecule has 3 aliphatic heterocycles. The molecule has 3 fully saturated rings. The van der Waals surface area contributed by atoms with E-state index in [4.69, 9.17) is 43.0 Å². The summed E-state index contributed by atoms with van der Waals surface area (Å²) in [5, 5.41) is 18.2. The van der Waals surface area contributed by atoms with Crippen molar-refractivity contribution in [3.05, 3.63) is 58.1 Å². The number of Topliss-reactive ketones (excluding diaryl/α,β-unsaturated/α-hetero) is 1. The fourth-order valence-electron chi connectivity index (χ4n) is 10.8. The van der Waals surface area contributed by atoms with Crippen LogP contribution in [0.1, 0.15) is 188 Å². The summed E-state index contributed by atoms with van der Waals surface area (Å²) in [6, 6.07) is 8.36. The van der Waals surface area contributed by atoms with Gasteiger partial charge in [0, 0.05) is 62.4 Å². The lowest BCUT2D eigenvalue weighted by molar-refractivity contribution is -0.321. The van der Waals surface area contributed by atoms with Crippen LogP contribution in [0.3, 0.4) is 0 Å². The summed E-state index contributed by atoms with van der Waals surface area (Å²) >= 11 is 1.79. The van der Waals surface area contributed by atoms with Crippen molar-refractivity contribution < 1.29 is 71.1 Å². The third-order valence-electron chi connectivity index (χ3n) is 15.5. The van der Waals surface area contributed by atoms with E-state index in [-0.39, 0.29) is 96.3 Å². The molecule has 1 aromatic carbocycles. The summed E-state index contributed by atoms with van der Waals surface area (Å²) in [5.41, 5.74) is 5.74. The van der Waals surface area contributed by atoms with Gasteiger partial charge in [-0.15, -0.1) is 0 Å². The maximum absolute atomic E-state index is 13.4. The molecule has 0 unspecified atom stereocenters. The molecule has 24 heteroatoms. The largest absolute Gasteiger partial charge is 0.463 e. The summed E-state index contributed by atoms with van der Waals surface area (Å²) < 4.78 is 48.8. The lowest BCUT2D eigenvalue weighted by Crippen LogP contribution is -2.55. The van der Waals surface area contributed by atoms with E-state index in [0.717, 1.165) is 74.3 Å². The van der Waals surface area contributed by atoms with E-state index < -0.39 is 62.8 Å². The fourth-order valence-corrected chi connectivity index (χ4v) is 16.3. The molecule has 3 aliphatic rings. The molecule has 5 N–H and O–H groups in total. The Hall–Kier alpha value is -4.79. The van der Waals surface area contributed by atoms with Crippen LogP contribution in [0.5, 0.6) is 0 Å². The second-order valence-corrected chi connectivity index (χ2v) is 29.9. The highest BCUT2D eigenvalue weighted by atomic mass is 32.2. The second-order valence-electron chi connectivity index (χ2n) is 24.4. The number of hydrogen-bond acceptors (Lipinski definition) is 19. The van der Waals surface area contributed by atoms with E-state index in [1.54, 1.807) is 11.8 Å². The molecule has 0 radical (unpaired) electrons. The molecular weight excluding hydrogens is 1120 g/mol. The van der Waals surface area contributed by atoms with Gasteiger partial charge in [-0.05, 0) is 86.2 Å². The molecule has 1 aromatic heterocycles. The predicted molar refractivity (Wildman–Crippen MR) is 320 cm³/mol. The molecule has 0 bridgehead atoms. The number of nitrogens with one attached hydrogen (secondary N) is 2. The third kappa shape index (κ3) is 21.3. The van der Waals surface area contributed by atoms with E-state index in [1.165, 1.54) is 31.0 Å². The molecular formula is C60H96N6O16SSi. The second kappa shape index (κ2) is 33.4. The van der Waals surface area contributed by atoms with Gasteiger partial charge in [-0.3, -0.25) is 33.4 Å². The number of unbranched alkanes of at least 4 members (excludes halogenated alkanes) is 7. The van der Waals surface area contributed by atoms with E-state index in [2.05, 4.69) is 36.4 Å². The zero-order valence-electron chi connectivity index (χ0n) is 51.5. The molecule has 7 atom stereocenters. The molecule has 4 amide bonds. The first-order valence-corrected chi connectivity index (χ1v) is 33.1. The van der Waals surface area contributed by atoms with Crippen molar-refractivity contribution in [1.82, 2.24) is 25.1 Å². The van der Waals surface area contributed by atoms with Gasteiger partial charge in [0.2, 0.25) is 5.91 Å². The Bertz CT molecular complexity index is 2480. The Kier molecular flexibility index (Phi) is 27.8. The van der Waals surface area contributed by atoms with E-state index >= 15 is 0 Å². The fraction of sp³-hybridized carbons (Fsp3) is 0.733. The molecule has 4 heterocycles. The standard InChI is InChI=1S/C60H96N6O16SSi/c1-39(2)84(40(3)4,79-37-47-52(71)53(55(80-47)65-32-29-49(61)63-56(65)73)81-58(77-35-33-75-41(5)67)78-36-34-76-42(6)68)82-60(10,11)30-28-45(69)21-17-15-13-12-14-16-20-31-62-50(70)23-19-18-22-48-51-46(38-83-48)66(57(74)64-51)54(72)43-24-26-44(27-25-43)59(7,8)9/h24-27,29,32,39-40,46-48,51-53,55,58,71H,12-23,28,30-31,33-38H2,1-11H3,(H,62,70)(H,64,74)(H2,61,63,73)/t46-,47-,48+,51-,52-,53-,55-/m1/s1. The van der Waals surface area contributed by atoms with E-state index in [0.29, 0.717) is 43.5 Å². The number of aromatic nitrogens is 2. The SMILES string of the molecule is CC(=O)OCCOC(OCCOC(C)=O)O[C@@H]1[C@H](O)[C@@H](CO[Si](OC(C)(C)CCC(=O)CCCCCCCCCNC(=O)CCCC[C@@H]2SC[C@@H]3[C@H]2NC(=O)N3C(=O)c2ccc(C(C)(C)C)cc2)(C(C)C)C(C)C)O[C@H]1n1ccc(N)nc1=O. The van der Waals surface area contributed by atoms with Gasteiger partial charge < -0.3 is 58.7 Å². The zero-order chi connectivity index (χ0) is 61.8. The van der Waals surface area contributed by atoms with Crippen LogP contribution in [0.4, 0.5) is 10.6 Å². The number of esters is 2. The van der Waals surface area contributed by atoms with Crippen molar-refractivity contribution in [1.29, 1.82) is 0 Å². The van der Waals surface area contributed by atoms with Crippen molar-refractivity contribution >= 4 is 61.7 Å². The number of nitrogen functional groups attached to an aromatic ring is 1. The number of hydrogen-bond donors (Lipinski definition) is 4. The number of rotatable bonds is 37. The van der Waals surface area contributed by atoms with Gasteiger partial charge in [0.15, 0.2) is 6.23 Å². The predicted octanol–water partition coefficient (Wildman–Crippen LogP) is 8.15. The Morgan fingerprint density at radius 1 is 0.833 bits per heavy atom. The van der Waals surface area contributed by atoms with Gasteiger partial charge in [-0.25, -0.2) is 9.59 Å². The molecule has 2 aromatic rings. The van der Waals surface area contributed by atoms with Crippen LogP contribution in [0.2, 0.25) is 11.1 Å². The number of carbonyl (C=O) groups is 6. The number of anilines is 1. The number of urea groups is 1. The van der Waals surface area contributed by atoms with Crippen LogP contribution in [-0.2, 0) is 61.9 Å². The number of imide groups is 1. The molecule has 0 aliphatic carbocycles. The number of ketones is 1. The Morgan fingerprint density at radius 3 is 2.04 bits per heavy atom. The zero-order valence-corrected chi connectivity index (χ0v) is 53.3. The number of carbonyl (C=O) groups excluding carboxylic acids is 6. The van der Waals surface area contributed by atoms with E-state index in [9.17, 15) is 38.7 Å². The normalized spacial score (nSPS) is 20.9. The average Bonchev–Trinajstić information content (AvgIpc) is 2.62. The van der Waals surface area contributed by atoms with Crippen LogP contribution < -0.4 is 22.1 Å². The average molecular weight is 1220 g/mol. The number of nitrogens with zero attached hydrogens (tertiary/aromatic N) is 3. The van der Waals surface area contributed by atoms with Gasteiger partial charge >= 0.3 is 32.2 Å². The van der Waals surface area contributed by atoms with Gasteiger partial charge in [-0.1, -0.05) is 99.1 Å². The van der Waals surface area contributed by atoms with Gasteiger partial charge in [0.1, 0.15) is 43.1 Å². The Labute approximate surface area is 501 Å². The minimum Gasteiger partial charge on any atom is -0.463 e. The van der Waals surface area contributed by atoms with Gasteiger partial charge in [0.25, 0.3) is 12.4 Å². The quantitative estimate of drug-likeness (QED) is 0.0163. The molecule has 0 spiro atoms. The van der Waals surface area contributed by atoms with Crippen LogP contribution in [-0.4, -0.2) is 157 Å². The number of nitrogens with two attached hydrogens (primary N) is 1. The van der Waals surface area contributed by atoms with Gasteiger partial charge in [-0.2, -0.15) is 16.7 Å². The van der Waals surface area contributed by atoms with E-state index in [1.807, 2.05) is 65.8 Å². The van der Waals surface area contributed by atoms with Crippen LogP contribution in [0.15, 0.2) is 41.3 Å². The maximum Gasteiger partial charge on any atom is 0.351 e. The summed E-state index contributed by atoms with van der Waals surface area (Å²) in [6.45, 7) is 19.3. The highest BCUT2D eigenvalue weighted by Crippen LogP contribution is 2.42.